The van der Waals surface area contributed by atoms with Crippen molar-refractivity contribution in [3.8, 4) is 5.75 Å². The lowest BCUT2D eigenvalue weighted by Gasteiger charge is -2.46. The fraction of sp³-hybridized carbons (Fsp3) is 0.667. The Balaban J connectivity index is 1.77. The highest BCUT2D eigenvalue weighted by Crippen LogP contribution is 2.48. The lowest BCUT2D eigenvalue weighted by molar-refractivity contribution is -0.154. The summed E-state index contributed by atoms with van der Waals surface area (Å²) < 4.78 is 6.01. The van der Waals surface area contributed by atoms with Crippen LogP contribution < -0.4 is 4.74 Å². The zero-order chi connectivity index (χ0) is 18.0. The van der Waals surface area contributed by atoms with E-state index in [1.54, 1.807) is 0 Å². The molecule has 0 spiro atoms. The smallest absolute Gasteiger partial charge is 0.306 e. The number of rotatable bonds is 5. The standard InChI is InChI=1S/C21H30O4/c1-3-19-14(2)18(20(22)23)12-13-21(19,24)15-8-10-17(11-9-15)25-16-6-4-5-7-16/h8-11,14,16,18-19,24H,3-7,12-13H2,1-2H3,(H,22,23). The molecule has 0 aromatic heterocycles. The second-order valence-corrected chi connectivity index (χ2v) is 7.83. The quantitative estimate of drug-likeness (QED) is 0.832. The van der Waals surface area contributed by atoms with E-state index in [2.05, 4.69) is 0 Å². The van der Waals surface area contributed by atoms with Crippen molar-refractivity contribution in [3.05, 3.63) is 29.8 Å². The monoisotopic (exact) mass is 346 g/mol. The highest BCUT2D eigenvalue weighted by atomic mass is 16.5. The van der Waals surface area contributed by atoms with Gasteiger partial charge in [-0.3, -0.25) is 4.79 Å². The predicted octanol–water partition coefficient (Wildman–Crippen LogP) is 4.35. The van der Waals surface area contributed by atoms with Crippen LogP contribution in [-0.2, 0) is 10.4 Å². The van der Waals surface area contributed by atoms with Gasteiger partial charge in [0.15, 0.2) is 0 Å². The van der Waals surface area contributed by atoms with Gasteiger partial charge in [0.25, 0.3) is 0 Å². The average Bonchev–Trinajstić information content (AvgIpc) is 3.08. The fourth-order valence-corrected chi connectivity index (χ4v) is 4.98. The third kappa shape index (κ3) is 3.55. The molecule has 4 atom stereocenters. The number of carboxylic acid groups (broad SMARTS) is 1. The van der Waals surface area contributed by atoms with Gasteiger partial charge >= 0.3 is 5.97 Å². The number of ether oxygens (including phenoxy) is 1. The number of aliphatic hydroxyl groups is 1. The molecule has 4 nitrogen and oxygen atoms in total. The summed E-state index contributed by atoms with van der Waals surface area (Å²) >= 11 is 0. The first kappa shape index (κ1) is 18.2. The number of benzene rings is 1. The summed E-state index contributed by atoms with van der Waals surface area (Å²) in [7, 11) is 0. The van der Waals surface area contributed by atoms with Crippen LogP contribution in [0.3, 0.4) is 0 Å². The minimum absolute atomic E-state index is 0.0457. The van der Waals surface area contributed by atoms with Crippen LogP contribution in [0, 0.1) is 17.8 Å². The lowest BCUT2D eigenvalue weighted by atomic mass is 9.61. The van der Waals surface area contributed by atoms with E-state index in [9.17, 15) is 15.0 Å². The van der Waals surface area contributed by atoms with Gasteiger partial charge in [-0.1, -0.05) is 26.0 Å². The molecule has 0 amide bonds. The van der Waals surface area contributed by atoms with Crippen LogP contribution in [0.1, 0.15) is 64.4 Å². The maximum atomic E-state index is 11.5. The molecule has 0 saturated heterocycles. The van der Waals surface area contributed by atoms with Crippen molar-refractivity contribution in [1.29, 1.82) is 0 Å². The Morgan fingerprint density at radius 1 is 1.20 bits per heavy atom. The molecule has 0 radical (unpaired) electrons. The largest absolute Gasteiger partial charge is 0.490 e. The van der Waals surface area contributed by atoms with Gasteiger partial charge in [0, 0.05) is 0 Å². The second-order valence-electron chi connectivity index (χ2n) is 7.83. The summed E-state index contributed by atoms with van der Waals surface area (Å²) in [5.74, 6) is -0.345. The zero-order valence-electron chi connectivity index (χ0n) is 15.3. The fourth-order valence-electron chi connectivity index (χ4n) is 4.98. The maximum Gasteiger partial charge on any atom is 0.306 e. The van der Waals surface area contributed by atoms with E-state index in [0.29, 0.717) is 18.9 Å². The van der Waals surface area contributed by atoms with Gasteiger partial charge < -0.3 is 14.9 Å². The summed E-state index contributed by atoms with van der Waals surface area (Å²) in [6.07, 6.45) is 6.83. The summed E-state index contributed by atoms with van der Waals surface area (Å²) in [5, 5.41) is 20.9. The van der Waals surface area contributed by atoms with Gasteiger partial charge in [0.2, 0.25) is 0 Å². The molecular formula is C21H30O4. The lowest BCUT2D eigenvalue weighted by Crippen LogP contribution is -2.47. The van der Waals surface area contributed by atoms with Gasteiger partial charge in [-0.15, -0.1) is 0 Å². The van der Waals surface area contributed by atoms with Crippen molar-refractivity contribution >= 4 is 5.97 Å². The Morgan fingerprint density at radius 3 is 2.40 bits per heavy atom. The summed E-state index contributed by atoms with van der Waals surface area (Å²) in [6.45, 7) is 4.00. The van der Waals surface area contributed by atoms with Gasteiger partial charge in [0.05, 0.1) is 17.6 Å². The van der Waals surface area contributed by atoms with E-state index in [1.807, 2.05) is 38.1 Å². The summed E-state index contributed by atoms with van der Waals surface area (Å²) in [5.41, 5.74) is -0.0692. The topological polar surface area (TPSA) is 66.8 Å². The molecule has 25 heavy (non-hydrogen) atoms. The van der Waals surface area contributed by atoms with Crippen LogP contribution in [0.15, 0.2) is 24.3 Å². The number of aliphatic carboxylic acids is 1. The number of carbonyl (C=O) groups is 1. The van der Waals surface area contributed by atoms with Crippen LogP contribution in [0.25, 0.3) is 0 Å². The Kier molecular flexibility index (Phi) is 5.38. The van der Waals surface area contributed by atoms with Crippen LogP contribution in [0.2, 0.25) is 0 Å². The van der Waals surface area contributed by atoms with Gasteiger partial charge in [-0.2, -0.15) is 0 Å². The van der Waals surface area contributed by atoms with Crippen molar-refractivity contribution < 1.29 is 19.7 Å². The summed E-state index contributed by atoms with van der Waals surface area (Å²) in [6, 6.07) is 7.82. The van der Waals surface area contributed by atoms with E-state index >= 15 is 0 Å². The van der Waals surface area contributed by atoms with E-state index in [-0.39, 0.29) is 17.8 Å². The van der Waals surface area contributed by atoms with Gasteiger partial charge in [0.1, 0.15) is 5.75 Å². The maximum absolute atomic E-state index is 11.5. The first-order valence-electron chi connectivity index (χ1n) is 9.68. The van der Waals surface area contributed by atoms with Crippen LogP contribution in [0.5, 0.6) is 5.75 Å². The second kappa shape index (κ2) is 7.36. The van der Waals surface area contributed by atoms with Crippen molar-refractivity contribution in [3.63, 3.8) is 0 Å². The van der Waals surface area contributed by atoms with Crippen LogP contribution in [-0.4, -0.2) is 22.3 Å². The highest BCUT2D eigenvalue weighted by Gasteiger charge is 2.48. The summed E-state index contributed by atoms with van der Waals surface area (Å²) in [4.78, 5) is 11.5. The van der Waals surface area contributed by atoms with E-state index in [4.69, 9.17) is 4.74 Å². The molecule has 4 heteroatoms. The molecule has 1 aromatic rings. The molecule has 2 N–H and O–H groups in total. The minimum Gasteiger partial charge on any atom is -0.490 e. The Hall–Kier alpha value is -1.55. The van der Waals surface area contributed by atoms with Crippen molar-refractivity contribution in [2.45, 2.75) is 70.5 Å². The van der Waals surface area contributed by atoms with Crippen molar-refractivity contribution in [1.82, 2.24) is 0 Å². The molecule has 3 rings (SSSR count). The average molecular weight is 346 g/mol. The molecule has 2 aliphatic carbocycles. The molecule has 0 bridgehead atoms. The molecule has 2 aliphatic rings. The number of hydrogen-bond acceptors (Lipinski definition) is 3. The third-order valence-electron chi connectivity index (χ3n) is 6.44. The molecular weight excluding hydrogens is 316 g/mol. The predicted molar refractivity (Wildman–Crippen MR) is 96.5 cm³/mol. The molecule has 1 aromatic carbocycles. The van der Waals surface area contributed by atoms with E-state index < -0.39 is 11.6 Å². The molecule has 4 unspecified atom stereocenters. The molecule has 2 fully saturated rings. The van der Waals surface area contributed by atoms with Gasteiger partial charge in [-0.05, 0) is 74.5 Å². The zero-order valence-corrected chi connectivity index (χ0v) is 15.3. The molecule has 138 valence electrons. The van der Waals surface area contributed by atoms with E-state index in [0.717, 1.165) is 30.6 Å². The highest BCUT2D eigenvalue weighted by molar-refractivity contribution is 5.70. The number of carboxylic acids is 1. The van der Waals surface area contributed by atoms with Crippen molar-refractivity contribution in [2.24, 2.45) is 17.8 Å². The minimum atomic E-state index is -0.952. The van der Waals surface area contributed by atoms with Gasteiger partial charge in [-0.25, -0.2) is 0 Å². The Morgan fingerprint density at radius 2 is 1.84 bits per heavy atom. The Bertz CT molecular complexity index is 590. The first-order chi connectivity index (χ1) is 12.0. The molecule has 0 aliphatic heterocycles. The molecule has 0 heterocycles. The van der Waals surface area contributed by atoms with Crippen molar-refractivity contribution in [2.75, 3.05) is 0 Å². The third-order valence-corrected chi connectivity index (χ3v) is 6.44. The SMILES string of the molecule is CCC1C(C)C(C(=O)O)CCC1(O)c1ccc(OC2CCCC2)cc1. The molecule has 2 saturated carbocycles. The first-order valence-corrected chi connectivity index (χ1v) is 9.68. The van der Waals surface area contributed by atoms with Crippen LogP contribution in [0.4, 0.5) is 0 Å². The Labute approximate surface area is 150 Å². The number of hydrogen-bond donors (Lipinski definition) is 2. The normalized spacial score (nSPS) is 33.3. The van der Waals surface area contributed by atoms with Crippen LogP contribution >= 0.6 is 0 Å². The van der Waals surface area contributed by atoms with E-state index in [1.165, 1.54) is 12.8 Å².